The highest BCUT2D eigenvalue weighted by Gasteiger charge is 2.44. The molecular weight excluding hydrogens is 424 g/mol. The van der Waals surface area contributed by atoms with Crippen molar-refractivity contribution in [2.75, 3.05) is 6.61 Å². The van der Waals surface area contributed by atoms with Gasteiger partial charge in [-0.15, -0.1) is 11.8 Å². The lowest BCUT2D eigenvalue weighted by molar-refractivity contribution is -0.145. The lowest BCUT2D eigenvalue weighted by Gasteiger charge is -2.17. The first-order valence-corrected chi connectivity index (χ1v) is 10.6. The molecule has 10 nitrogen and oxygen atoms in total. The van der Waals surface area contributed by atoms with Crippen LogP contribution in [0.5, 0.6) is 0 Å². The summed E-state index contributed by atoms with van der Waals surface area (Å²) >= 11 is 1.08. The number of para-hydroxylation sites is 1. The number of nitrogens with two attached hydrogens (primary N) is 1. The molecule has 1 aromatic carbocycles. The van der Waals surface area contributed by atoms with E-state index in [1.165, 1.54) is 6.20 Å². The van der Waals surface area contributed by atoms with Crippen LogP contribution < -0.4 is 17.0 Å². The van der Waals surface area contributed by atoms with Gasteiger partial charge in [-0.1, -0.05) is 18.2 Å². The Morgan fingerprint density at radius 1 is 1.23 bits per heavy atom. The largest absolute Gasteiger partial charge is 0.463 e. The number of hydrogen-bond acceptors (Lipinski definition) is 8. The molecule has 2 aromatic heterocycles. The Hall–Kier alpha value is -2.86. The Morgan fingerprint density at radius 3 is 2.77 bits per heavy atom. The number of nitrogens with zero attached hydrogens (tertiary/aromatic N) is 1. The van der Waals surface area contributed by atoms with Crippen LogP contribution in [0.1, 0.15) is 10.9 Å². The molecule has 3 aromatic rings. The molecule has 0 saturated carbocycles. The Morgan fingerprint density at radius 2 is 2.00 bits per heavy atom. The number of benzene rings is 1. The molecule has 1 fully saturated rings. The molecule has 11 heteroatoms. The van der Waals surface area contributed by atoms with Gasteiger partial charge in [0.25, 0.3) is 5.56 Å². The van der Waals surface area contributed by atoms with Crippen LogP contribution in [0.3, 0.4) is 0 Å². The molecule has 4 rings (SSSR count). The van der Waals surface area contributed by atoms with E-state index in [1.54, 1.807) is 6.20 Å². The number of H-pyrrole nitrogens is 2. The van der Waals surface area contributed by atoms with Gasteiger partial charge in [0.05, 0.1) is 11.4 Å². The summed E-state index contributed by atoms with van der Waals surface area (Å²) in [7, 11) is 0. The minimum Gasteiger partial charge on any atom is -0.463 e. The molecule has 6 N–H and O–H groups in total. The van der Waals surface area contributed by atoms with Gasteiger partial charge in [0.2, 0.25) is 0 Å². The number of esters is 1. The van der Waals surface area contributed by atoms with Crippen molar-refractivity contribution in [1.82, 2.24) is 14.5 Å². The van der Waals surface area contributed by atoms with Crippen molar-refractivity contribution in [3.05, 3.63) is 69.1 Å². The molecule has 0 spiro atoms. The van der Waals surface area contributed by atoms with E-state index >= 15 is 0 Å². The van der Waals surface area contributed by atoms with E-state index in [0.717, 1.165) is 38.9 Å². The number of aromatic nitrogens is 3. The van der Waals surface area contributed by atoms with Gasteiger partial charge < -0.3 is 25.7 Å². The van der Waals surface area contributed by atoms with Crippen LogP contribution in [0.25, 0.3) is 10.9 Å². The zero-order chi connectivity index (χ0) is 22.1. The molecule has 0 bridgehead atoms. The molecule has 1 saturated heterocycles. The lowest BCUT2D eigenvalue weighted by atomic mass is 10.1. The van der Waals surface area contributed by atoms with E-state index in [2.05, 4.69) is 9.97 Å². The number of thioether (sulfide) groups is 1. The maximum atomic E-state index is 12.4. The van der Waals surface area contributed by atoms with Crippen LogP contribution in [0.2, 0.25) is 0 Å². The van der Waals surface area contributed by atoms with Crippen molar-refractivity contribution < 1.29 is 19.7 Å². The SMILES string of the molecule is N[C@@H](Cc1c[nH]c2ccccc12)C(=O)OC[C@H]1S[C@@H](n2ccc(=O)[nH]c2=O)C(O)C1O. The van der Waals surface area contributed by atoms with E-state index in [-0.39, 0.29) is 13.0 Å². The second kappa shape index (κ2) is 8.71. The van der Waals surface area contributed by atoms with Gasteiger partial charge in [0, 0.05) is 35.8 Å². The molecule has 3 heterocycles. The van der Waals surface area contributed by atoms with Crippen LogP contribution in [0.15, 0.2) is 52.3 Å². The molecule has 31 heavy (non-hydrogen) atoms. The first kappa shape index (κ1) is 21.4. The molecule has 0 aliphatic carbocycles. The van der Waals surface area contributed by atoms with Gasteiger partial charge in [-0.3, -0.25) is 19.1 Å². The van der Waals surface area contributed by atoms with Crippen molar-refractivity contribution in [3.8, 4) is 0 Å². The standard InChI is InChI=1S/C20H22N4O6S/c21-12(7-10-8-22-13-4-2-1-3-11(10)13)19(28)30-9-14-16(26)17(27)18(31-14)24-6-5-15(25)23-20(24)29/h1-6,8,12,14,16-18,22,26-27H,7,9,21H2,(H,23,25,29)/t12-,14+,16?,17?,18+/m0/s1. The van der Waals surface area contributed by atoms with E-state index in [4.69, 9.17) is 10.5 Å². The molecule has 1 aliphatic heterocycles. The third-order valence-corrected chi connectivity index (χ3v) is 6.82. The smallest absolute Gasteiger partial charge is 0.329 e. The second-order valence-electron chi connectivity index (χ2n) is 7.36. The topological polar surface area (TPSA) is 163 Å². The van der Waals surface area contributed by atoms with Crippen LogP contribution in [-0.2, 0) is 16.0 Å². The quantitative estimate of drug-likeness (QED) is 0.315. The number of aliphatic hydroxyl groups is 2. The molecule has 2 unspecified atom stereocenters. The fourth-order valence-corrected chi connectivity index (χ4v) is 5.06. The number of nitrogens with one attached hydrogen (secondary N) is 2. The van der Waals surface area contributed by atoms with Gasteiger partial charge in [0.15, 0.2) is 0 Å². The first-order chi connectivity index (χ1) is 14.8. The fourth-order valence-electron chi connectivity index (χ4n) is 3.62. The molecule has 1 aliphatic rings. The Labute approximate surface area is 180 Å². The van der Waals surface area contributed by atoms with Gasteiger partial charge in [-0.05, 0) is 11.6 Å². The number of fused-ring (bicyclic) bond motifs is 1. The Kier molecular flexibility index (Phi) is 6.01. The summed E-state index contributed by atoms with van der Waals surface area (Å²) in [6.45, 7) is -0.183. The van der Waals surface area contributed by atoms with Gasteiger partial charge in [0.1, 0.15) is 24.1 Å². The summed E-state index contributed by atoms with van der Waals surface area (Å²) in [5.74, 6) is -0.628. The van der Waals surface area contributed by atoms with Crippen molar-refractivity contribution >= 4 is 28.6 Å². The summed E-state index contributed by atoms with van der Waals surface area (Å²) in [6.07, 6.45) is 0.822. The first-order valence-electron chi connectivity index (χ1n) is 9.65. The van der Waals surface area contributed by atoms with Crippen molar-refractivity contribution in [3.63, 3.8) is 0 Å². The third-order valence-electron chi connectivity index (χ3n) is 5.27. The molecule has 5 atom stereocenters. The number of aliphatic hydroxyl groups excluding tert-OH is 2. The summed E-state index contributed by atoms with van der Waals surface area (Å²) < 4.78 is 6.42. The number of rotatable bonds is 6. The van der Waals surface area contributed by atoms with Crippen LogP contribution in [0.4, 0.5) is 0 Å². The minimum absolute atomic E-state index is 0.183. The average Bonchev–Trinajstić information content (AvgIpc) is 3.28. The fraction of sp³-hybridized carbons (Fsp3) is 0.350. The number of carbonyl (C=O) groups excluding carboxylic acids is 1. The number of hydrogen-bond donors (Lipinski definition) is 5. The highest BCUT2D eigenvalue weighted by atomic mass is 32.2. The van der Waals surface area contributed by atoms with Crippen molar-refractivity contribution in [2.24, 2.45) is 5.73 Å². The third kappa shape index (κ3) is 4.30. The van der Waals surface area contributed by atoms with E-state index < -0.39 is 46.1 Å². The normalized spacial score (nSPS) is 24.4. The highest BCUT2D eigenvalue weighted by molar-refractivity contribution is 8.00. The predicted octanol–water partition coefficient (Wildman–Crippen LogP) is -0.533. The number of aromatic amines is 2. The maximum absolute atomic E-state index is 12.4. The summed E-state index contributed by atoms with van der Waals surface area (Å²) in [5.41, 5.74) is 6.59. The molecule has 0 radical (unpaired) electrons. The maximum Gasteiger partial charge on any atom is 0.329 e. The number of ether oxygens (including phenoxy) is 1. The monoisotopic (exact) mass is 446 g/mol. The predicted molar refractivity (Wildman–Crippen MR) is 115 cm³/mol. The highest BCUT2D eigenvalue weighted by Crippen LogP contribution is 2.41. The summed E-state index contributed by atoms with van der Waals surface area (Å²) in [6, 6.07) is 7.92. The molecule has 164 valence electrons. The number of carbonyl (C=O) groups is 1. The van der Waals surface area contributed by atoms with Gasteiger partial charge >= 0.3 is 11.7 Å². The van der Waals surface area contributed by atoms with Gasteiger partial charge in [-0.25, -0.2) is 4.79 Å². The Bertz CT molecular complexity index is 1200. The van der Waals surface area contributed by atoms with Crippen molar-refractivity contribution in [2.45, 2.75) is 35.3 Å². The molecular formula is C20H22N4O6S. The summed E-state index contributed by atoms with van der Waals surface area (Å²) in [4.78, 5) is 40.8. The van der Waals surface area contributed by atoms with E-state index in [0.29, 0.717) is 0 Å². The minimum atomic E-state index is -1.28. The summed E-state index contributed by atoms with van der Waals surface area (Å²) in [5, 5.41) is 20.1. The average molecular weight is 446 g/mol. The van der Waals surface area contributed by atoms with Crippen molar-refractivity contribution in [1.29, 1.82) is 0 Å². The second-order valence-corrected chi connectivity index (χ2v) is 8.72. The Balaban J connectivity index is 1.37. The van der Waals surface area contributed by atoms with Gasteiger partial charge in [-0.2, -0.15) is 0 Å². The molecule has 0 amide bonds. The van der Waals surface area contributed by atoms with E-state index in [9.17, 15) is 24.6 Å². The van der Waals surface area contributed by atoms with Crippen LogP contribution in [0, 0.1) is 0 Å². The van der Waals surface area contributed by atoms with Crippen LogP contribution in [-0.4, -0.2) is 60.8 Å². The lowest BCUT2D eigenvalue weighted by Crippen LogP contribution is -2.39. The zero-order valence-corrected chi connectivity index (χ0v) is 17.1. The van der Waals surface area contributed by atoms with Crippen LogP contribution >= 0.6 is 11.8 Å². The van der Waals surface area contributed by atoms with E-state index in [1.807, 2.05) is 24.3 Å². The zero-order valence-electron chi connectivity index (χ0n) is 16.3.